The van der Waals surface area contributed by atoms with Gasteiger partial charge in [-0.3, -0.25) is 9.69 Å². The number of esters is 1. The highest BCUT2D eigenvalue weighted by Crippen LogP contribution is 2.17. The fraction of sp³-hybridized carbons (Fsp3) is 0.500. The molecule has 88 valence electrons. The van der Waals surface area contributed by atoms with Crippen LogP contribution in [0.2, 0.25) is 0 Å². The maximum Gasteiger partial charge on any atom is 0.307 e. The minimum absolute atomic E-state index is 0.0982. The molecule has 1 rings (SSSR count). The van der Waals surface area contributed by atoms with Crippen molar-refractivity contribution >= 4 is 5.97 Å². The first-order valence-electron chi connectivity index (χ1n) is 5.05. The van der Waals surface area contributed by atoms with Gasteiger partial charge in [0.25, 0.3) is 0 Å². The predicted molar refractivity (Wildman–Crippen MR) is 58.5 cm³/mol. The summed E-state index contributed by atoms with van der Waals surface area (Å²) in [6.07, 6.45) is 5.81. The summed E-state index contributed by atoms with van der Waals surface area (Å²) < 4.78 is 5.02. The number of carbonyl (C=O) groups is 1. The Morgan fingerprint density at radius 2 is 2.31 bits per heavy atom. The Bertz CT molecular complexity index is 325. The Hall–Kier alpha value is -1.85. The van der Waals surface area contributed by atoms with Gasteiger partial charge in [0, 0.05) is 25.9 Å². The number of ether oxygens (including phenoxy) is 1. The molecule has 0 saturated heterocycles. The van der Waals surface area contributed by atoms with Crippen molar-refractivity contribution in [2.75, 3.05) is 13.8 Å². The monoisotopic (exact) mass is 225 g/mol. The van der Waals surface area contributed by atoms with E-state index in [1.807, 2.05) is 6.92 Å². The van der Waals surface area contributed by atoms with Crippen molar-refractivity contribution in [3.8, 4) is 0 Å². The van der Waals surface area contributed by atoms with E-state index in [2.05, 4.69) is 5.18 Å². The third kappa shape index (κ3) is 3.08. The van der Waals surface area contributed by atoms with Crippen molar-refractivity contribution in [2.24, 2.45) is 5.18 Å². The van der Waals surface area contributed by atoms with E-state index in [4.69, 9.17) is 4.74 Å². The van der Waals surface area contributed by atoms with Crippen LogP contribution in [0.3, 0.4) is 0 Å². The molecule has 0 amide bonds. The van der Waals surface area contributed by atoms with Crippen molar-refractivity contribution in [1.29, 1.82) is 0 Å². The van der Waals surface area contributed by atoms with E-state index in [-0.39, 0.29) is 12.7 Å². The molecule has 0 aromatic carbocycles. The summed E-state index contributed by atoms with van der Waals surface area (Å²) in [4.78, 5) is 24.7. The minimum Gasteiger partial charge on any atom is -0.444 e. The molecule has 0 unspecified atom stereocenters. The van der Waals surface area contributed by atoms with Crippen LogP contribution in [-0.2, 0) is 9.53 Å². The first-order valence-corrected chi connectivity index (χ1v) is 5.05. The molecule has 0 aromatic rings. The molecular formula is C10H15N3O3. The summed E-state index contributed by atoms with van der Waals surface area (Å²) >= 11 is 0. The zero-order valence-electron chi connectivity index (χ0n) is 9.42. The van der Waals surface area contributed by atoms with Crippen LogP contribution < -0.4 is 0 Å². The molecule has 6 nitrogen and oxygen atoms in total. The lowest BCUT2D eigenvalue weighted by Gasteiger charge is -2.20. The van der Waals surface area contributed by atoms with Gasteiger partial charge in [0.15, 0.2) is 6.73 Å². The number of nitrogens with zero attached hydrogens (tertiary/aromatic N) is 3. The second-order valence-corrected chi connectivity index (χ2v) is 3.37. The fourth-order valence-electron chi connectivity index (χ4n) is 1.28. The SMILES string of the molecule is CCCC(=O)OCN1C=CN(C)/C1=C\N=O. The quantitative estimate of drug-likeness (QED) is 0.525. The van der Waals surface area contributed by atoms with Gasteiger partial charge in [-0.15, -0.1) is 4.91 Å². The van der Waals surface area contributed by atoms with Gasteiger partial charge < -0.3 is 9.64 Å². The second-order valence-electron chi connectivity index (χ2n) is 3.37. The molecule has 0 fully saturated rings. The van der Waals surface area contributed by atoms with Gasteiger partial charge in [0.05, 0.1) is 0 Å². The number of rotatable bonds is 5. The molecule has 1 aliphatic rings. The van der Waals surface area contributed by atoms with Crippen LogP contribution in [0.5, 0.6) is 0 Å². The Morgan fingerprint density at radius 3 is 2.94 bits per heavy atom. The van der Waals surface area contributed by atoms with Crippen molar-refractivity contribution < 1.29 is 9.53 Å². The zero-order chi connectivity index (χ0) is 12.0. The van der Waals surface area contributed by atoms with Crippen LogP contribution in [0.4, 0.5) is 0 Å². The molecule has 1 heterocycles. The van der Waals surface area contributed by atoms with E-state index in [1.165, 1.54) is 6.20 Å². The first-order chi connectivity index (χ1) is 7.69. The van der Waals surface area contributed by atoms with Gasteiger partial charge in [-0.25, -0.2) is 0 Å². The molecule has 0 aliphatic carbocycles. The van der Waals surface area contributed by atoms with Crippen LogP contribution in [0.25, 0.3) is 0 Å². The van der Waals surface area contributed by atoms with Crippen molar-refractivity contribution in [3.05, 3.63) is 29.3 Å². The number of nitroso groups, excluding NO2 is 1. The van der Waals surface area contributed by atoms with Crippen molar-refractivity contribution in [3.63, 3.8) is 0 Å². The third-order valence-electron chi connectivity index (χ3n) is 2.11. The Labute approximate surface area is 94.1 Å². The Kier molecular flexibility index (Phi) is 4.50. The number of hydrogen-bond acceptors (Lipinski definition) is 6. The molecule has 0 spiro atoms. The summed E-state index contributed by atoms with van der Waals surface area (Å²) in [5, 5.41) is 2.71. The molecule has 0 aromatic heterocycles. The highest BCUT2D eigenvalue weighted by molar-refractivity contribution is 5.69. The molecule has 0 N–H and O–H groups in total. The van der Waals surface area contributed by atoms with Gasteiger partial charge >= 0.3 is 5.97 Å². The predicted octanol–water partition coefficient (Wildman–Crippen LogP) is 1.57. The molecule has 0 atom stereocenters. The average Bonchev–Trinajstić information content (AvgIpc) is 2.59. The fourth-order valence-corrected chi connectivity index (χ4v) is 1.28. The lowest BCUT2D eigenvalue weighted by Crippen LogP contribution is -2.24. The van der Waals surface area contributed by atoms with Crippen molar-refractivity contribution in [2.45, 2.75) is 19.8 Å². The van der Waals surface area contributed by atoms with Crippen LogP contribution in [0.15, 0.2) is 29.6 Å². The topological polar surface area (TPSA) is 62.2 Å². The number of hydrogen-bond donors (Lipinski definition) is 0. The average molecular weight is 225 g/mol. The van der Waals surface area contributed by atoms with Crippen LogP contribution in [0, 0.1) is 4.91 Å². The van der Waals surface area contributed by atoms with Gasteiger partial charge in [-0.05, 0) is 11.6 Å². The highest BCUT2D eigenvalue weighted by Gasteiger charge is 2.17. The lowest BCUT2D eigenvalue weighted by molar-refractivity contribution is -0.146. The second kappa shape index (κ2) is 5.89. The molecule has 0 radical (unpaired) electrons. The largest absolute Gasteiger partial charge is 0.444 e. The Morgan fingerprint density at radius 1 is 1.56 bits per heavy atom. The van der Waals surface area contributed by atoms with E-state index in [0.29, 0.717) is 12.2 Å². The standard InChI is InChI=1S/C10H15N3O3/c1-3-4-10(14)16-8-13-6-5-12(2)9(13)7-11-15/h5-7H,3-4,8H2,1-2H3/b9-7+. The van der Waals surface area contributed by atoms with Crippen LogP contribution >= 0.6 is 0 Å². The maximum absolute atomic E-state index is 11.2. The smallest absolute Gasteiger partial charge is 0.307 e. The van der Waals surface area contributed by atoms with Gasteiger partial charge in [-0.2, -0.15) is 0 Å². The number of carbonyl (C=O) groups excluding carboxylic acids is 1. The molecule has 0 bridgehead atoms. The van der Waals surface area contributed by atoms with E-state index in [1.54, 1.807) is 29.2 Å². The molecule has 16 heavy (non-hydrogen) atoms. The summed E-state index contributed by atoms with van der Waals surface area (Å²) in [5.74, 6) is 0.336. The summed E-state index contributed by atoms with van der Waals surface area (Å²) in [6.45, 7) is 2.01. The molecule has 0 saturated carbocycles. The zero-order valence-corrected chi connectivity index (χ0v) is 9.42. The van der Waals surface area contributed by atoms with Crippen molar-refractivity contribution in [1.82, 2.24) is 9.80 Å². The maximum atomic E-state index is 11.2. The third-order valence-corrected chi connectivity index (χ3v) is 2.11. The molecular weight excluding hydrogens is 210 g/mol. The van der Waals surface area contributed by atoms with E-state index in [9.17, 15) is 9.70 Å². The molecule has 6 heteroatoms. The highest BCUT2D eigenvalue weighted by atomic mass is 16.5. The Balaban J connectivity index is 2.48. The minimum atomic E-state index is -0.246. The normalized spacial score (nSPS) is 17.0. The lowest BCUT2D eigenvalue weighted by atomic mass is 10.3. The van der Waals surface area contributed by atoms with Crippen LogP contribution in [0.1, 0.15) is 19.8 Å². The summed E-state index contributed by atoms with van der Waals surface area (Å²) in [5.41, 5.74) is 0. The van der Waals surface area contributed by atoms with E-state index < -0.39 is 0 Å². The summed E-state index contributed by atoms with van der Waals surface area (Å²) in [7, 11) is 1.78. The van der Waals surface area contributed by atoms with E-state index >= 15 is 0 Å². The van der Waals surface area contributed by atoms with Crippen LogP contribution in [-0.4, -0.2) is 29.5 Å². The van der Waals surface area contributed by atoms with Gasteiger partial charge in [0.1, 0.15) is 12.0 Å². The van der Waals surface area contributed by atoms with E-state index in [0.717, 1.165) is 6.42 Å². The summed E-state index contributed by atoms with van der Waals surface area (Å²) in [6, 6.07) is 0. The van der Waals surface area contributed by atoms with Gasteiger partial charge in [-0.1, -0.05) is 6.92 Å². The van der Waals surface area contributed by atoms with Gasteiger partial charge in [0.2, 0.25) is 0 Å². The molecule has 1 aliphatic heterocycles. The first kappa shape index (κ1) is 12.2.